The highest BCUT2D eigenvalue weighted by molar-refractivity contribution is 6.01. The van der Waals surface area contributed by atoms with Gasteiger partial charge in [-0.25, -0.2) is 0 Å². The van der Waals surface area contributed by atoms with Gasteiger partial charge >= 0.3 is 0 Å². The van der Waals surface area contributed by atoms with Crippen molar-refractivity contribution in [1.29, 1.82) is 0 Å². The molecule has 0 aliphatic heterocycles. The Morgan fingerprint density at radius 2 is 0.662 bits per heavy atom. The van der Waals surface area contributed by atoms with Crippen molar-refractivity contribution in [3.05, 3.63) is 290 Å². The number of rotatable bonds is 11. The Labute approximate surface area is 418 Å². The Morgan fingerprint density at radius 1 is 0.239 bits per heavy atom. The summed E-state index contributed by atoms with van der Waals surface area (Å²) in [5.41, 5.74) is 23.2. The van der Waals surface area contributed by atoms with Crippen LogP contribution < -0.4 is 9.80 Å². The minimum Gasteiger partial charge on any atom is -0.310 e. The number of fused-ring (bicyclic) bond motifs is 3. The van der Waals surface area contributed by atoms with E-state index < -0.39 is 0 Å². The van der Waals surface area contributed by atoms with E-state index in [-0.39, 0.29) is 5.41 Å². The Bertz CT molecular complexity index is 3600. The van der Waals surface area contributed by atoms with Crippen LogP contribution in [-0.4, -0.2) is 0 Å². The van der Waals surface area contributed by atoms with Gasteiger partial charge in [0.25, 0.3) is 0 Å². The average molecular weight is 909 g/mol. The molecule has 0 fully saturated rings. The first-order chi connectivity index (χ1) is 35.0. The molecular formula is C69H52N2. The van der Waals surface area contributed by atoms with Gasteiger partial charge in [-0.15, -0.1) is 0 Å². The molecule has 0 aromatic heterocycles. The van der Waals surface area contributed by atoms with Crippen LogP contribution in [0.3, 0.4) is 0 Å². The second-order valence-electron chi connectivity index (χ2n) is 18.9. The van der Waals surface area contributed by atoms with Crippen molar-refractivity contribution in [3.63, 3.8) is 0 Å². The maximum Gasteiger partial charge on any atom is 0.0540 e. The summed E-state index contributed by atoms with van der Waals surface area (Å²) in [6.45, 7) is 4.73. The van der Waals surface area contributed by atoms with Crippen molar-refractivity contribution in [1.82, 2.24) is 0 Å². The third-order valence-electron chi connectivity index (χ3n) is 14.2. The maximum absolute atomic E-state index is 2.45. The molecule has 0 N–H and O–H groups in total. The molecule has 11 aromatic carbocycles. The first kappa shape index (κ1) is 43.3. The highest BCUT2D eigenvalue weighted by atomic mass is 15.2. The second-order valence-corrected chi connectivity index (χ2v) is 18.9. The molecule has 0 radical (unpaired) electrons. The van der Waals surface area contributed by atoms with Gasteiger partial charge in [0.15, 0.2) is 0 Å². The van der Waals surface area contributed by atoms with Gasteiger partial charge in [-0.1, -0.05) is 232 Å². The summed E-state index contributed by atoms with van der Waals surface area (Å²) in [7, 11) is 0. The molecular weight excluding hydrogens is 857 g/mol. The molecule has 11 aromatic rings. The predicted octanol–water partition coefficient (Wildman–Crippen LogP) is 19.3. The molecule has 71 heavy (non-hydrogen) atoms. The summed E-state index contributed by atoms with van der Waals surface area (Å²) in [5, 5.41) is 0. The maximum atomic E-state index is 2.45. The van der Waals surface area contributed by atoms with Gasteiger partial charge in [0.2, 0.25) is 0 Å². The molecule has 1 aliphatic rings. The fourth-order valence-electron chi connectivity index (χ4n) is 10.9. The van der Waals surface area contributed by atoms with Gasteiger partial charge in [0.05, 0.1) is 5.69 Å². The molecule has 2 nitrogen and oxygen atoms in total. The van der Waals surface area contributed by atoms with Crippen LogP contribution in [0.25, 0.3) is 66.8 Å². The first-order valence-corrected chi connectivity index (χ1v) is 24.6. The molecule has 0 unspecified atom stereocenters. The predicted molar refractivity (Wildman–Crippen MR) is 301 cm³/mol. The van der Waals surface area contributed by atoms with E-state index >= 15 is 0 Å². The molecule has 0 saturated carbocycles. The fraction of sp³-hybridized carbons (Fsp3) is 0.0435. The summed E-state index contributed by atoms with van der Waals surface area (Å²) in [6.07, 6.45) is 0. The van der Waals surface area contributed by atoms with Crippen molar-refractivity contribution in [2.75, 3.05) is 9.80 Å². The van der Waals surface area contributed by atoms with Gasteiger partial charge in [-0.3, -0.25) is 0 Å². The lowest BCUT2D eigenvalue weighted by atomic mass is 9.82. The lowest BCUT2D eigenvalue weighted by molar-refractivity contribution is 0.660. The summed E-state index contributed by atoms with van der Waals surface area (Å²) in [4.78, 5) is 4.89. The molecule has 1 aliphatic carbocycles. The van der Waals surface area contributed by atoms with Crippen LogP contribution in [-0.2, 0) is 5.41 Å². The number of para-hydroxylation sites is 3. The van der Waals surface area contributed by atoms with Crippen LogP contribution in [0, 0.1) is 0 Å². The van der Waals surface area contributed by atoms with Crippen molar-refractivity contribution in [3.8, 4) is 66.8 Å². The second kappa shape index (κ2) is 18.5. The number of hydrogen-bond donors (Lipinski definition) is 0. The van der Waals surface area contributed by atoms with Gasteiger partial charge in [0, 0.05) is 39.4 Å². The molecule has 12 rings (SSSR count). The molecule has 338 valence electrons. The topological polar surface area (TPSA) is 6.48 Å². The zero-order valence-electron chi connectivity index (χ0n) is 40.0. The number of hydrogen-bond acceptors (Lipinski definition) is 2. The van der Waals surface area contributed by atoms with Crippen molar-refractivity contribution < 1.29 is 0 Å². The van der Waals surface area contributed by atoms with E-state index in [2.05, 4.69) is 303 Å². The Hall–Kier alpha value is -8.98. The average Bonchev–Trinajstić information content (AvgIpc) is 3.67. The van der Waals surface area contributed by atoms with Crippen molar-refractivity contribution in [2.45, 2.75) is 19.3 Å². The summed E-state index contributed by atoms with van der Waals surface area (Å²) in [6, 6.07) is 102. The lowest BCUT2D eigenvalue weighted by Crippen LogP contribution is -2.17. The fourth-order valence-corrected chi connectivity index (χ4v) is 10.9. The SMILES string of the molecule is CC1(C)c2ccccc2-c2ccc(N(c3ccccc3)c3cc(-c4ccccc4-c4c(-c5ccccc5)cccc4-c4ccccc4)cc(N(c4ccccc4)c4ccccc4-c4ccccc4)c3)cc21. The van der Waals surface area contributed by atoms with E-state index in [9.17, 15) is 0 Å². The highest BCUT2D eigenvalue weighted by Crippen LogP contribution is 2.52. The standard InChI is InChI=1S/C69H52N2/c1-69(2)65-41-22-20-37-62(65)63-44-43-55(48-66(63)69)70(53-31-14-6-15-32-53)56-45-52(46-57(47-56)71(54-33-16-7-17-34-54)67-42-23-21-36-59(67)49-25-8-3-9-26-49)58-35-18-19-38-64(58)68-60(50-27-10-4-11-28-50)39-24-40-61(68)51-29-12-5-13-30-51/h3-48H,1-2H3. The number of benzene rings is 11. The highest BCUT2D eigenvalue weighted by Gasteiger charge is 2.36. The minimum absolute atomic E-state index is 0.176. The molecule has 0 bridgehead atoms. The summed E-state index contributed by atoms with van der Waals surface area (Å²) >= 11 is 0. The van der Waals surface area contributed by atoms with Crippen LogP contribution in [0.5, 0.6) is 0 Å². The summed E-state index contributed by atoms with van der Waals surface area (Å²) < 4.78 is 0. The van der Waals surface area contributed by atoms with Gasteiger partial charge in [0.1, 0.15) is 0 Å². The van der Waals surface area contributed by atoms with E-state index in [1.54, 1.807) is 0 Å². The Morgan fingerprint density at radius 3 is 1.25 bits per heavy atom. The Kier molecular flexibility index (Phi) is 11.3. The molecule has 2 heteroatoms. The van der Waals surface area contributed by atoms with E-state index in [1.165, 1.54) is 50.1 Å². The third-order valence-corrected chi connectivity index (χ3v) is 14.2. The van der Waals surface area contributed by atoms with Gasteiger partial charge in [-0.05, 0) is 133 Å². The van der Waals surface area contributed by atoms with E-state index in [0.29, 0.717) is 0 Å². The zero-order valence-corrected chi connectivity index (χ0v) is 40.0. The van der Waals surface area contributed by atoms with Crippen molar-refractivity contribution >= 4 is 34.1 Å². The quantitative estimate of drug-likeness (QED) is 0.128. The number of nitrogens with zero attached hydrogens (tertiary/aromatic N) is 2. The van der Waals surface area contributed by atoms with Crippen LogP contribution in [0.15, 0.2) is 279 Å². The smallest absolute Gasteiger partial charge is 0.0540 e. The normalized spacial score (nSPS) is 12.2. The zero-order chi connectivity index (χ0) is 47.7. The lowest BCUT2D eigenvalue weighted by Gasteiger charge is -2.32. The van der Waals surface area contributed by atoms with E-state index in [1.807, 2.05) is 0 Å². The minimum atomic E-state index is -0.176. The first-order valence-electron chi connectivity index (χ1n) is 24.6. The molecule has 0 spiro atoms. The molecule has 0 atom stereocenters. The van der Waals surface area contributed by atoms with Crippen LogP contribution >= 0.6 is 0 Å². The molecule has 0 amide bonds. The third kappa shape index (κ3) is 8.00. The molecule has 0 heterocycles. The van der Waals surface area contributed by atoms with Crippen LogP contribution in [0.2, 0.25) is 0 Å². The van der Waals surface area contributed by atoms with E-state index in [4.69, 9.17) is 0 Å². The van der Waals surface area contributed by atoms with E-state index in [0.717, 1.165) is 61.9 Å². The van der Waals surface area contributed by atoms with Crippen molar-refractivity contribution in [2.24, 2.45) is 0 Å². The summed E-state index contributed by atoms with van der Waals surface area (Å²) in [5.74, 6) is 0. The van der Waals surface area contributed by atoms with Gasteiger partial charge in [-0.2, -0.15) is 0 Å². The van der Waals surface area contributed by atoms with Crippen LogP contribution in [0.4, 0.5) is 34.1 Å². The van der Waals surface area contributed by atoms with Gasteiger partial charge < -0.3 is 9.80 Å². The Balaban J connectivity index is 1.15. The largest absolute Gasteiger partial charge is 0.310 e. The van der Waals surface area contributed by atoms with Crippen LogP contribution in [0.1, 0.15) is 25.0 Å². The molecule has 0 saturated heterocycles. The monoisotopic (exact) mass is 908 g/mol. The number of anilines is 6.